The summed E-state index contributed by atoms with van der Waals surface area (Å²) in [4.78, 5) is 22.5. The van der Waals surface area contributed by atoms with Gasteiger partial charge >= 0.3 is 11.9 Å². The fraction of sp³-hybridized carbons (Fsp3) is 0.917. The highest BCUT2D eigenvalue weighted by Crippen LogP contribution is 2.29. The first-order valence-corrected chi connectivity index (χ1v) is 11.5. The number of ether oxygens (including phenoxy) is 2. The molecular weight excluding hydrogens is 352 g/mol. The number of carbonyl (C=O) groups is 2. The van der Waals surface area contributed by atoms with Crippen molar-refractivity contribution < 1.29 is 19.1 Å². The number of esters is 2. The molecule has 4 heteroatoms. The van der Waals surface area contributed by atoms with Gasteiger partial charge in [-0.15, -0.1) is 0 Å². The first kappa shape index (κ1) is 25.0. The van der Waals surface area contributed by atoms with Crippen molar-refractivity contribution in [1.82, 2.24) is 0 Å². The van der Waals surface area contributed by atoms with Gasteiger partial charge in [0, 0.05) is 0 Å². The number of carbonyl (C=O) groups excluding carboxylic acids is 2. The molecule has 0 atom stereocenters. The Kier molecular flexibility index (Phi) is 11.8. The molecule has 2 aliphatic carbocycles. The summed E-state index contributed by atoms with van der Waals surface area (Å²) in [7, 11) is 0. The van der Waals surface area contributed by atoms with Gasteiger partial charge in [-0.3, -0.25) is 9.59 Å². The van der Waals surface area contributed by atoms with Crippen molar-refractivity contribution in [3.63, 3.8) is 0 Å². The summed E-state index contributed by atoms with van der Waals surface area (Å²) < 4.78 is 10.5. The van der Waals surface area contributed by atoms with E-state index in [2.05, 4.69) is 13.8 Å². The molecule has 0 N–H and O–H groups in total. The monoisotopic (exact) mass is 396 g/mol. The van der Waals surface area contributed by atoms with E-state index in [-0.39, 0.29) is 23.8 Å². The van der Waals surface area contributed by atoms with E-state index in [0.29, 0.717) is 25.0 Å². The van der Waals surface area contributed by atoms with E-state index in [1.807, 2.05) is 27.7 Å². The Balaban J connectivity index is 0.000000280. The second-order valence-corrected chi connectivity index (χ2v) is 9.82. The zero-order valence-corrected chi connectivity index (χ0v) is 19.2. The van der Waals surface area contributed by atoms with Crippen LogP contribution < -0.4 is 0 Å². The lowest BCUT2D eigenvalue weighted by Crippen LogP contribution is -2.21. The Bertz CT molecular complexity index is 400. The van der Waals surface area contributed by atoms with E-state index in [9.17, 15) is 9.59 Å². The SMILES string of the molecule is CC1CCC(COC(=O)C(C)C)CC1.CC1CCC(COC(=O)C(C)C)CC1. The molecular formula is C24H44O4. The first-order valence-electron chi connectivity index (χ1n) is 11.5. The summed E-state index contributed by atoms with van der Waals surface area (Å²) in [5.41, 5.74) is 0. The maximum Gasteiger partial charge on any atom is 0.308 e. The van der Waals surface area contributed by atoms with Crippen molar-refractivity contribution in [3.8, 4) is 0 Å². The van der Waals surface area contributed by atoms with E-state index in [0.717, 1.165) is 11.8 Å². The second-order valence-electron chi connectivity index (χ2n) is 9.82. The summed E-state index contributed by atoms with van der Waals surface area (Å²) in [6, 6.07) is 0. The van der Waals surface area contributed by atoms with Crippen molar-refractivity contribution in [2.75, 3.05) is 13.2 Å². The smallest absolute Gasteiger partial charge is 0.308 e. The molecule has 0 unspecified atom stereocenters. The van der Waals surface area contributed by atoms with Crippen LogP contribution in [0.3, 0.4) is 0 Å². The summed E-state index contributed by atoms with van der Waals surface area (Å²) >= 11 is 0. The Morgan fingerprint density at radius 3 is 1.18 bits per heavy atom. The van der Waals surface area contributed by atoms with Gasteiger partial charge in [0.15, 0.2) is 0 Å². The molecule has 0 saturated heterocycles. The van der Waals surface area contributed by atoms with Crippen LogP contribution in [0.2, 0.25) is 0 Å². The minimum atomic E-state index is -0.0522. The molecule has 28 heavy (non-hydrogen) atoms. The first-order chi connectivity index (χ1) is 13.2. The van der Waals surface area contributed by atoms with Crippen LogP contribution in [0, 0.1) is 35.5 Å². The molecule has 2 fully saturated rings. The normalized spacial score (nSPS) is 27.7. The summed E-state index contributed by atoms with van der Waals surface area (Å²) in [6.45, 7) is 13.4. The lowest BCUT2D eigenvalue weighted by molar-refractivity contribution is -0.149. The van der Waals surface area contributed by atoms with Crippen LogP contribution in [0.4, 0.5) is 0 Å². The van der Waals surface area contributed by atoms with Crippen LogP contribution in [-0.2, 0) is 19.1 Å². The van der Waals surface area contributed by atoms with Gasteiger partial charge in [-0.25, -0.2) is 0 Å². The van der Waals surface area contributed by atoms with Crippen molar-refractivity contribution in [2.45, 2.75) is 92.9 Å². The zero-order valence-electron chi connectivity index (χ0n) is 19.2. The lowest BCUT2D eigenvalue weighted by atomic mass is 9.83. The van der Waals surface area contributed by atoms with E-state index in [4.69, 9.17) is 9.47 Å². The molecule has 2 aliphatic rings. The van der Waals surface area contributed by atoms with E-state index < -0.39 is 0 Å². The molecule has 0 aromatic heterocycles. The van der Waals surface area contributed by atoms with Crippen LogP contribution in [0.15, 0.2) is 0 Å². The third-order valence-corrected chi connectivity index (χ3v) is 6.14. The molecule has 0 heterocycles. The third-order valence-electron chi connectivity index (χ3n) is 6.14. The average molecular weight is 397 g/mol. The Morgan fingerprint density at radius 1 is 0.643 bits per heavy atom. The maximum absolute atomic E-state index is 11.2. The van der Waals surface area contributed by atoms with E-state index >= 15 is 0 Å². The molecule has 0 radical (unpaired) electrons. The van der Waals surface area contributed by atoms with Crippen molar-refractivity contribution in [1.29, 1.82) is 0 Å². The Morgan fingerprint density at radius 2 is 0.929 bits per heavy atom. The van der Waals surface area contributed by atoms with Gasteiger partial charge in [-0.2, -0.15) is 0 Å². The second kappa shape index (κ2) is 13.2. The van der Waals surface area contributed by atoms with Crippen LogP contribution >= 0.6 is 0 Å². The Labute approximate surface area is 173 Å². The summed E-state index contributed by atoms with van der Waals surface area (Å²) in [5, 5.41) is 0. The van der Waals surface area contributed by atoms with Crippen molar-refractivity contribution >= 4 is 11.9 Å². The maximum atomic E-state index is 11.2. The highest BCUT2D eigenvalue weighted by atomic mass is 16.5. The van der Waals surface area contributed by atoms with Crippen LogP contribution in [0.1, 0.15) is 92.9 Å². The highest BCUT2D eigenvalue weighted by Gasteiger charge is 2.21. The van der Waals surface area contributed by atoms with Crippen molar-refractivity contribution in [3.05, 3.63) is 0 Å². The van der Waals surface area contributed by atoms with Crippen LogP contribution in [-0.4, -0.2) is 25.2 Å². The quantitative estimate of drug-likeness (QED) is 0.515. The minimum absolute atomic E-state index is 0.0116. The average Bonchev–Trinajstić information content (AvgIpc) is 2.67. The van der Waals surface area contributed by atoms with Crippen LogP contribution in [0.5, 0.6) is 0 Å². The zero-order chi connectivity index (χ0) is 21.1. The fourth-order valence-electron chi connectivity index (χ4n) is 3.72. The molecule has 2 saturated carbocycles. The van der Waals surface area contributed by atoms with Gasteiger partial charge in [0.25, 0.3) is 0 Å². The minimum Gasteiger partial charge on any atom is -0.465 e. The molecule has 0 amide bonds. The molecule has 164 valence electrons. The molecule has 0 spiro atoms. The van der Waals surface area contributed by atoms with E-state index in [1.165, 1.54) is 51.4 Å². The van der Waals surface area contributed by atoms with Gasteiger partial charge in [0.05, 0.1) is 25.0 Å². The molecule has 0 aliphatic heterocycles. The van der Waals surface area contributed by atoms with Gasteiger partial charge in [-0.1, -0.05) is 67.2 Å². The number of hydrogen-bond acceptors (Lipinski definition) is 4. The number of rotatable bonds is 6. The van der Waals surface area contributed by atoms with Crippen LogP contribution in [0.25, 0.3) is 0 Å². The predicted molar refractivity (Wildman–Crippen MR) is 114 cm³/mol. The van der Waals surface area contributed by atoms with Gasteiger partial charge < -0.3 is 9.47 Å². The molecule has 0 aromatic carbocycles. The summed E-state index contributed by atoms with van der Waals surface area (Å²) in [6.07, 6.45) is 10.1. The highest BCUT2D eigenvalue weighted by molar-refractivity contribution is 5.71. The van der Waals surface area contributed by atoms with Gasteiger partial charge in [-0.05, 0) is 49.4 Å². The van der Waals surface area contributed by atoms with Gasteiger partial charge in [0.1, 0.15) is 0 Å². The molecule has 0 aromatic rings. The standard InChI is InChI=1S/2C12H22O2/c2*1-9(2)12(13)14-8-11-6-4-10(3)5-7-11/h2*9-11H,4-8H2,1-3H3. The summed E-state index contributed by atoms with van der Waals surface area (Å²) in [5.74, 6) is 2.89. The van der Waals surface area contributed by atoms with E-state index in [1.54, 1.807) is 0 Å². The predicted octanol–water partition coefficient (Wildman–Crippen LogP) is 6.02. The molecule has 2 rings (SSSR count). The largest absolute Gasteiger partial charge is 0.465 e. The Hall–Kier alpha value is -1.06. The topological polar surface area (TPSA) is 52.6 Å². The fourth-order valence-corrected chi connectivity index (χ4v) is 3.72. The van der Waals surface area contributed by atoms with Crippen molar-refractivity contribution in [2.24, 2.45) is 35.5 Å². The molecule has 4 nitrogen and oxygen atoms in total. The lowest BCUT2D eigenvalue weighted by Gasteiger charge is -2.25. The van der Waals surface area contributed by atoms with Gasteiger partial charge in [0.2, 0.25) is 0 Å². The molecule has 0 bridgehead atoms. The third kappa shape index (κ3) is 10.5. The number of hydrogen-bond donors (Lipinski definition) is 0.